The van der Waals surface area contributed by atoms with Crippen LogP contribution in [0.3, 0.4) is 0 Å². The smallest absolute Gasteiger partial charge is 0.194 e. The van der Waals surface area contributed by atoms with Crippen LogP contribution in [0.2, 0.25) is 0 Å². The van der Waals surface area contributed by atoms with Crippen molar-refractivity contribution >= 4 is 5.96 Å². The molecule has 23 heavy (non-hydrogen) atoms. The summed E-state index contributed by atoms with van der Waals surface area (Å²) in [6, 6.07) is 8.51. The molecule has 0 aromatic carbocycles. The number of aliphatic imine (C=N–C) groups is 1. The van der Waals surface area contributed by atoms with Gasteiger partial charge in [0.05, 0.1) is 12.8 Å². The fraction of sp³-hybridized carbons (Fsp3) is 0.500. The van der Waals surface area contributed by atoms with Gasteiger partial charge in [-0.1, -0.05) is 6.92 Å². The highest BCUT2D eigenvalue weighted by atomic mass is 16.3. The zero-order valence-corrected chi connectivity index (χ0v) is 14.6. The number of nitrogens with zero attached hydrogens (tertiary/aromatic N) is 3. The van der Waals surface area contributed by atoms with Crippen molar-refractivity contribution in [2.24, 2.45) is 12.0 Å². The van der Waals surface area contributed by atoms with Gasteiger partial charge >= 0.3 is 0 Å². The SMILES string of the molecule is CCC(C)NC(=NCCc1ccco1)N(C)Cc1cccn1C. The molecular weight excluding hydrogens is 288 g/mol. The Bertz CT molecular complexity index is 600. The summed E-state index contributed by atoms with van der Waals surface area (Å²) in [7, 11) is 4.15. The maximum atomic E-state index is 5.37. The van der Waals surface area contributed by atoms with Gasteiger partial charge in [0.2, 0.25) is 0 Å². The van der Waals surface area contributed by atoms with E-state index in [9.17, 15) is 0 Å². The van der Waals surface area contributed by atoms with Gasteiger partial charge in [0, 0.05) is 45.0 Å². The van der Waals surface area contributed by atoms with Gasteiger partial charge in [-0.2, -0.15) is 0 Å². The van der Waals surface area contributed by atoms with Gasteiger partial charge in [0.25, 0.3) is 0 Å². The summed E-state index contributed by atoms with van der Waals surface area (Å²) in [5.74, 6) is 1.91. The van der Waals surface area contributed by atoms with Crippen molar-refractivity contribution in [3.8, 4) is 0 Å². The van der Waals surface area contributed by atoms with Crippen LogP contribution in [0.5, 0.6) is 0 Å². The lowest BCUT2D eigenvalue weighted by atomic mass is 10.2. The van der Waals surface area contributed by atoms with E-state index < -0.39 is 0 Å². The molecule has 1 atom stereocenters. The standard InChI is InChI=1S/C18H28N4O/c1-5-15(2)20-18(19-11-10-17-9-7-13-23-17)22(4)14-16-8-6-12-21(16)3/h6-9,12-13,15H,5,10-11,14H2,1-4H3,(H,19,20). The van der Waals surface area contributed by atoms with Gasteiger partial charge in [0.1, 0.15) is 5.76 Å². The summed E-state index contributed by atoms with van der Waals surface area (Å²) in [5, 5.41) is 3.51. The summed E-state index contributed by atoms with van der Waals surface area (Å²) < 4.78 is 7.51. The maximum absolute atomic E-state index is 5.37. The van der Waals surface area contributed by atoms with Crippen LogP contribution in [-0.4, -0.2) is 35.1 Å². The Balaban J connectivity index is 2.01. The van der Waals surface area contributed by atoms with E-state index in [-0.39, 0.29) is 0 Å². The third-order valence-electron chi connectivity index (χ3n) is 4.00. The molecular formula is C18H28N4O. The van der Waals surface area contributed by atoms with Crippen molar-refractivity contribution in [3.05, 3.63) is 48.2 Å². The highest BCUT2D eigenvalue weighted by molar-refractivity contribution is 5.80. The van der Waals surface area contributed by atoms with Crippen LogP contribution in [-0.2, 0) is 20.0 Å². The number of guanidine groups is 1. The second kappa shape index (κ2) is 8.46. The van der Waals surface area contributed by atoms with Crippen LogP contribution in [0.15, 0.2) is 46.1 Å². The van der Waals surface area contributed by atoms with Crippen molar-refractivity contribution in [1.82, 2.24) is 14.8 Å². The number of aryl methyl sites for hydroxylation is 1. The normalized spacial score (nSPS) is 13.1. The monoisotopic (exact) mass is 316 g/mol. The quantitative estimate of drug-likeness (QED) is 0.631. The number of hydrogen-bond donors (Lipinski definition) is 1. The summed E-state index contributed by atoms with van der Waals surface area (Å²) in [5.41, 5.74) is 1.26. The highest BCUT2D eigenvalue weighted by Gasteiger charge is 2.11. The fourth-order valence-electron chi connectivity index (χ4n) is 2.30. The number of aromatic nitrogens is 1. The van der Waals surface area contributed by atoms with Gasteiger partial charge in [-0.05, 0) is 37.6 Å². The van der Waals surface area contributed by atoms with E-state index in [0.717, 1.165) is 31.1 Å². The average Bonchev–Trinajstić information content (AvgIpc) is 3.18. The minimum absolute atomic E-state index is 0.397. The first-order chi connectivity index (χ1) is 11.1. The van der Waals surface area contributed by atoms with Crippen LogP contribution in [0, 0.1) is 0 Å². The summed E-state index contributed by atoms with van der Waals surface area (Å²) in [6.07, 6.45) is 5.66. The molecule has 5 nitrogen and oxygen atoms in total. The van der Waals surface area contributed by atoms with Crippen LogP contribution in [0.1, 0.15) is 31.7 Å². The molecule has 0 saturated heterocycles. The van der Waals surface area contributed by atoms with E-state index >= 15 is 0 Å². The molecule has 1 unspecified atom stereocenters. The minimum Gasteiger partial charge on any atom is -0.469 e. The second-order valence-corrected chi connectivity index (χ2v) is 5.95. The Hall–Kier alpha value is -2.17. The molecule has 0 bridgehead atoms. The third kappa shape index (κ3) is 5.20. The van der Waals surface area contributed by atoms with E-state index in [2.05, 4.69) is 61.1 Å². The number of furan rings is 1. The molecule has 2 heterocycles. The maximum Gasteiger partial charge on any atom is 0.194 e. The molecule has 0 saturated carbocycles. The lowest BCUT2D eigenvalue weighted by Crippen LogP contribution is -2.43. The van der Waals surface area contributed by atoms with Gasteiger partial charge in [-0.3, -0.25) is 4.99 Å². The van der Waals surface area contributed by atoms with E-state index in [1.807, 2.05) is 12.1 Å². The molecule has 2 aromatic rings. The molecule has 0 aliphatic heterocycles. The van der Waals surface area contributed by atoms with Crippen molar-refractivity contribution in [3.63, 3.8) is 0 Å². The van der Waals surface area contributed by atoms with Crippen LogP contribution in [0.25, 0.3) is 0 Å². The summed E-state index contributed by atoms with van der Waals surface area (Å²) in [6.45, 7) is 5.89. The van der Waals surface area contributed by atoms with Gasteiger partial charge < -0.3 is 19.2 Å². The molecule has 126 valence electrons. The van der Waals surface area contributed by atoms with Crippen molar-refractivity contribution in [1.29, 1.82) is 0 Å². The molecule has 5 heteroatoms. The predicted octanol–water partition coefficient (Wildman–Crippen LogP) is 3.04. The van der Waals surface area contributed by atoms with Crippen LogP contribution in [0.4, 0.5) is 0 Å². The lowest BCUT2D eigenvalue weighted by molar-refractivity contribution is 0.446. The van der Waals surface area contributed by atoms with E-state index in [1.165, 1.54) is 5.69 Å². The van der Waals surface area contributed by atoms with Gasteiger partial charge in [-0.25, -0.2) is 0 Å². The average molecular weight is 316 g/mol. The summed E-state index contributed by atoms with van der Waals surface area (Å²) >= 11 is 0. The minimum atomic E-state index is 0.397. The second-order valence-electron chi connectivity index (χ2n) is 5.95. The Morgan fingerprint density at radius 3 is 2.83 bits per heavy atom. The van der Waals surface area contributed by atoms with Crippen LogP contribution >= 0.6 is 0 Å². The van der Waals surface area contributed by atoms with E-state index in [4.69, 9.17) is 9.41 Å². The van der Waals surface area contributed by atoms with Crippen LogP contribution < -0.4 is 5.32 Å². The van der Waals surface area contributed by atoms with Gasteiger partial charge in [-0.15, -0.1) is 0 Å². The van der Waals surface area contributed by atoms with Crippen molar-refractivity contribution < 1.29 is 4.42 Å². The Labute approximate surface area is 139 Å². The number of hydrogen-bond acceptors (Lipinski definition) is 2. The Morgan fingerprint density at radius 1 is 1.39 bits per heavy atom. The Morgan fingerprint density at radius 2 is 2.22 bits per heavy atom. The van der Waals surface area contributed by atoms with Crippen molar-refractivity contribution in [2.45, 2.75) is 39.3 Å². The highest BCUT2D eigenvalue weighted by Crippen LogP contribution is 2.05. The zero-order valence-electron chi connectivity index (χ0n) is 14.6. The largest absolute Gasteiger partial charge is 0.469 e. The molecule has 0 spiro atoms. The molecule has 2 rings (SSSR count). The lowest BCUT2D eigenvalue weighted by Gasteiger charge is -2.25. The topological polar surface area (TPSA) is 45.7 Å². The molecule has 2 aromatic heterocycles. The third-order valence-corrected chi connectivity index (χ3v) is 4.00. The number of rotatable bonds is 7. The first kappa shape index (κ1) is 17.2. The summed E-state index contributed by atoms with van der Waals surface area (Å²) in [4.78, 5) is 6.93. The van der Waals surface area contributed by atoms with E-state index in [1.54, 1.807) is 6.26 Å². The molecule has 0 aliphatic rings. The molecule has 0 aliphatic carbocycles. The van der Waals surface area contributed by atoms with Gasteiger partial charge in [0.15, 0.2) is 5.96 Å². The van der Waals surface area contributed by atoms with Crippen molar-refractivity contribution in [2.75, 3.05) is 13.6 Å². The molecule has 0 radical (unpaired) electrons. The molecule has 1 N–H and O–H groups in total. The first-order valence-electron chi connectivity index (χ1n) is 8.24. The molecule has 0 fully saturated rings. The first-order valence-corrected chi connectivity index (χ1v) is 8.24. The predicted molar refractivity (Wildman–Crippen MR) is 94.5 cm³/mol. The fourth-order valence-corrected chi connectivity index (χ4v) is 2.30. The molecule has 0 amide bonds. The van der Waals surface area contributed by atoms with E-state index in [0.29, 0.717) is 12.6 Å². The number of nitrogens with one attached hydrogen (secondary N) is 1. The Kier molecular flexibility index (Phi) is 6.32. The zero-order chi connectivity index (χ0) is 16.7.